The quantitative estimate of drug-likeness (QED) is 0.475. The molecule has 1 fully saturated rings. The molecule has 3 heterocycles. The maximum Gasteiger partial charge on any atom is 0.138 e. The van der Waals surface area contributed by atoms with E-state index in [-0.39, 0.29) is 5.82 Å². The zero-order chi connectivity index (χ0) is 19.1. The van der Waals surface area contributed by atoms with E-state index in [2.05, 4.69) is 26.7 Å². The first-order chi connectivity index (χ1) is 13.7. The fourth-order valence-corrected chi connectivity index (χ4v) is 4.45. The lowest BCUT2D eigenvalue weighted by molar-refractivity contribution is 0.355. The average Bonchev–Trinajstić information content (AvgIpc) is 3.32. The third-order valence-corrected chi connectivity index (χ3v) is 5.80. The Morgan fingerprint density at radius 3 is 2.61 bits per heavy atom. The van der Waals surface area contributed by atoms with Gasteiger partial charge in [-0.05, 0) is 56.2 Å². The molecule has 1 aliphatic carbocycles. The molecule has 0 spiro atoms. The highest BCUT2D eigenvalue weighted by Crippen LogP contribution is 2.39. The van der Waals surface area contributed by atoms with Crippen LogP contribution in [0.4, 0.5) is 4.39 Å². The van der Waals surface area contributed by atoms with Crippen LogP contribution in [0.3, 0.4) is 0 Å². The summed E-state index contributed by atoms with van der Waals surface area (Å²) in [7, 11) is 0. The Morgan fingerprint density at radius 2 is 1.82 bits per heavy atom. The first-order valence-electron chi connectivity index (χ1n) is 9.98. The van der Waals surface area contributed by atoms with Crippen molar-refractivity contribution in [3.63, 3.8) is 0 Å². The van der Waals surface area contributed by atoms with Gasteiger partial charge < -0.3 is 9.55 Å². The van der Waals surface area contributed by atoms with Crippen LogP contribution in [0.2, 0.25) is 0 Å². The highest BCUT2D eigenvalue weighted by atomic mass is 19.1. The van der Waals surface area contributed by atoms with Crippen LogP contribution >= 0.6 is 0 Å². The van der Waals surface area contributed by atoms with Gasteiger partial charge >= 0.3 is 0 Å². The number of rotatable bonds is 3. The second-order valence-electron chi connectivity index (χ2n) is 7.72. The number of pyridine rings is 1. The highest BCUT2D eigenvalue weighted by Gasteiger charge is 2.24. The van der Waals surface area contributed by atoms with Crippen molar-refractivity contribution in [1.82, 2.24) is 19.5 Å². The Labute approximate surface area is 163 Å². The molecule has 4 nitrogen and oxygen atoms in total. The van der Waals surface area contributed by atoms with Gasteiger partial charge in [-0.3, -0.25) is 0 Å². The molecule has 0 radical (unpaired) electrons. The van der Waals surface area contributed by atoms with Crippen molar-refractivity contribution in [1.29, 1.82) is 0 Å². The van der Waals surface area contributed by atoms with Crippen molar-refractivity contribution in [2.24, 2.45) is 0 Å². The van der Waals surface area contributed by atoms with E-state index in [1.165, 1.54) is 44.2 Å². The molecule has 0 atom stereocenters. The number of imidazole rings is 1. The monoisotopic (exact) mass is 374 g/mol. The fourth-order valence-electron chi connectivity index (χ4n) is 4.45. The van der Waals surface area contributed by atoms with Crippen LogP contribution in [0.5, 0.6) is 0 Å². The Morgan fingerprint density at radius 1 is 1.04 bits per heavy atom. The van der Waals surface area contributed by atoms with Gasteiger partial charge in [-0.1, -0.05) is 19.3 Å². The molecule has 4 aromatic rings. The number of halogens is 1. The summed E-state index contributed by atoms with van der Waals surface area (Å²) in [6.07, 6.45) is 9.98. The molecule has 0 aliphatic heterocycles. The van der Waals surface area contributed by atoms with Gasteiger partial charge in [-0.2, -0.15) is 0 Å². The van der Waals surface area contributed by atoms with Crippen molar-refractivity contribution < 1.29 is 4.39 Å². The van der Waals surface area contributed by atoms with E-state index >= 15 is 0 Å². The number of benzene rings is 1. The van der Waals surface area contributed by atoms with E-state index in [0.29, 0.717) is 6.04 Å². The number of fused-ring (bicyclic) bond motifs is 1. The van der Waals surface area contributed by atoms with Crippen molar-refractivity contribution in [2.75, 3.05) is 0 Å². The van der Waals surface area contributed by atoms with Crippen molar-refractivity contribution in [3.8, 4) is 22.5 Å². The van der Waals surface area contributed by atoms with E-state index < -0.39 is 0 Å². The largest absolute Gasteiger partial charge is 0.344 e. The molecule has 0 bridgehead atoms. The molecule has 1 aliphatic rings. The highest BCUT2D eigenvalue weighted by molar-refractivity contribution is 5.96. The molecule has 1 aromatic carbocycles. The summed E-state index contributed by atoms with van der Waals surface area (Å²) in [5, 5.41) is 1.10. The molecule has 0 amide bonds. The number of hydrogen-bond acceptors (Lipinski definition) is 2. The van der Waals surface area contributed by atoms with Crippen molar-refractivity contribution in [3.05, 3.63) is 60.4 Å². The minimum Gasteiger partial charge on any atom is -0.344 e. The van der Waals surface area contributed by atoms with Gasteiger partial charge in [-0.25, -0.2) is 14.4 Å². The van der Waals surface area contributed by atoms with E-state index in [4.69, 9.17) is 4.98 Å². The number of hydrogen-bond donors (Lipinski definition) is 1. The smallest absolute Gasteiger partial charge is 0.138 e. The fraction of sp³-hybridized carbons (Fsp3) is 0.304. The molecule has 0 unspecified atom stereocenters. The Balaban J connectivity index is 1.75. The predicted octanol–water partition coefficient (Wildman–Crippen LogP) is 6.05. The van der Waals surface area contributed by atoms with Gasteiger partial charge in [-0.15, -0.1) is 0 Å². The van der Waals surface area contributed by atoms with Crippen LogP contribution in [0.15, 0.2) is 48.9 Å². The normalized spacial score (nSPS) is 15.4. The number of aromatic nitrogens is 4. The van der Waals surface area contributed by atoms with Crippen LogP contribution in [-0.2, 0) is 0 Å². The number of aryl methyl sites for hydroxylation is 1. The first-order valence-corrected chi connectivity index (χ1v) is 9.98. The Bertz CT molecular complexity index is 1120. The molecule has 1 saturated carbocycles. The first kappa shape index (κ1) is 17.2. The Hall–Kier alpha value is -2.95. The Kier molecular flexibility index (Phi) is 4.23. The maximum atomic E-state index is 13.5. The molecule has 5 heteroatoms. The van der Waals surface area contributed by atoms with Crippen LogP contribution < -0.4 is 0 Å². The summed E-state index contributed by atoms with van der Waals surface area (Å²) >= 11 is 0. The number of nitrogens with one attached hydrogen (secondary N) is 1. The number of H-pyrrole nitrogens is 1. The third-order valence-electron chi connectivity index (χ3n) is 5.80. The average molecular weight is 374 g/mol. The van der Waals surface area contributed by atoms with Gasteiger partial charge in [0.25, 0.3) is 0 Å². The van der Waals surface area contributed by atoms with Crippen LogP contribution in [0, 0.1) is 12.7 Å². The molecule has 28 heavy (non-hydrogen) atoms. The van der Waals surface area contributed by atoms with E-state index in [0.717, 1.165) is 39.2 Å². The molecule has 142 valence electrons. The minimum absolute atomic E-state index is 0.232. The molecular weight excluding hydrogens is 351 g/mol. The maximum absolute atomic E-state index is 13.5. The lowest BCUT2D eigenvalue weighted by Crippen LogP contribution is -2.13. The van der Waals surface area contributed by atoms with Crippen LogP contribution in [0.1, 0.15) is 43.8 Å². The zero-order valence-corrected chi connectivity index (χ0v) is 16.0. The van der Waals surface area contributed by atoms with Crippen molar-refractivity contribution in [2.45, 2.75) is 45.1 Å². The molecule has 0 saturated heterocycles. The number of aromatic amines is 1. The van der Waals surface area contributed by atoms with E-state index in [9.17, 15) is 4.39 Å². The second-order valence-corrected chi connectivity index (χ2v) is 7.72. The SMILES string of the molecule is Cc1cc2c(-c3c(-c4ccc(F)cc4)ncn3C3CCCCC3)ccnc2[nH]1. The minimum atomic E-state index is -0.232. The molecule has 5 rings (SSSR count). The summed E-state index contributed by atoms with van der Waals surface area (Å²) in [5.74, 6) is -0.232. The standard InChI is InChI=1S/C23H23FN4/c1-15-13-20-19(11-12-25-23(20)27-15)22-21(16-7-9-17(24)10-8-16)26-14-28(22)18-5-3-2-4-6-18/h7-14,18H,2-6H2,1H3,(H,25,27). The lowest BCUT2D eigenvalue weighted by atomic mass is 9.94. The van der Waals surface area contributed by atoms with E-state index in [1.54, 1.807) is 0 Å². The van der Waals surface area contributed by atoms with Crippen LogP contribution in [0.25, 0.3) is 33.5 Å². The summed E-state index contributed by atoms with van der Waals surface area (Å²) in [5.41, 5.74) is 6.03. The summed E-state index contributed by atoms with van der Waals surface area (Å²) < 4.78 is 15.8. The summed E-state index contributed by atoms with van der Waals surface area (Å²) in [4.78, 5) is 12.6. The van der Waals surface area contributed by atoms with Gasteiger partial charge in [0.2, 0.25) is 0 Å². The molecule has 3 aromatic heterocycles. The van der Waals surface area contributed by atoms with Gasteiger partial charge in [0, 0.05) is 34.4 Å². The lowest BCUT2D eigenvalue weighted by Gasteiger charge is -2.25. The van der Waals surface area contributed by atoms with Crippen molar-refractivity contribution >= 4 is 11.0 Å². The van der Waals surface area contributed by atoms with Gasteiger partial charge in [0.05, 0.1) is 17.7 Å². The second kappa shape index (κ2) is 6.89. The molecule has 1 N–H and O–H groups in total. The summed E-state index contributed by atoms with van der Waals surface area (Å²) in [6.45, 7) is 2.05. The number of nitrogens with zero attached hydrogens (tertiary/aromatic N) is 3. The third kappa shape index (κ3) is 2.91. The topological polar surface area (TPSA) is 46.5 Å². The summed E-state index contributed by atoms with van der Waals surface area (Å²) in [6, 6.07) is 11.3. The van der Waals surface area contributed by atoms with E-state index in [1.807, 2.05) is 31.6 Å². The predicted molar refractivity (Wildman–Crippen MR) is 110 cm³/mol. The van der Waals surface area contributed by atoms with Crippen LogP contribution in [-0.4, -0.2) is 19.5 Å². The van der Waals surface area contributed by atoms with Gasteiger partial charge in [0.1, 0.15) is 11.5 Å². The molecular formula is C23H23FN4. The zero-order valence-electron chi connectivity index (χ0n) is 16.0. The van der Waals surface area contributed by atoms with Gasteiger partial charge in [0.15, 0.2) is 0 Å².